The first-order valence-electron chi connectivity index (χ1n) is 5.88. The summed E-state index contributed by atoms with van der Waals surface area (Å²) in [5.41, 5.74) is 0.432. The Labute approximate surface area is 110 Å². The normalized spacial score (nSPS) is 23.9. The van der Waals surface area contributed by atoms with E-state index in [1.807, 2.05) is 6.92 Å². The third-order valence-electron chi connectivity index (χ3n) is 2.88. The lowest BCUT2D eigenvalue weighted by Crippen LogP contribution is -2.48. The van der Waals surface area contributed by atoms with E-state index >= 15 is 0 Å². The topological polar surface area (TPSA) is 38.3 Å². The number of hydrogen-bond donors (Lipinski definition) is 1. The van der Waals surface area contributed by atoms with Crippen molar-refractivity contribution in [2.45, 2.75) is 25.4 Å². The zero-order valence-electron chi connectivity index (χ0n) is 10.1. The molecule has 2 unspecified atom stereocenters. The summed E-state index contributed by atoms with van der Waals surface area (Å²) in [5.74, 6) is -0.576. The Morgan fingerprint density at radius 2 is 2.33 bits per heavy atom. The van der Waals surface area contributed by atoms with E-state index in [0.29, 0.717) is 25.2 Å². The number of benzene rings is 1. The summed E-state index contributed by atoms with van der Waals surface area (Å²) in [6, 6.07) is 4.28. The molecule has 1 aliphatic rings. The molecule has 1 aliphatic heterocycles. The molecule has 0 amide bonds. The van der Waals surface area contributed by atoms with Gasteiger partial charge < -0.3 is 10.1 Å². The molecule has 2 rings (SSSR count). The summed E-state index contributed by atoms with van der Waals surface area (Å²) < 4.78 is 18.4. The molecule has 1 N–H and O–H groups in total. The molecule has 2 atom stereocenters. The van der Waals surface area contributed by atoms with Gasteiger partial charge in [-0.2, -0.15) is 0 Å². The molecule has 0 aliphatic carbocycles. The van der Waals surface area contributed by atoms with Gasteiger partial charge in [-0.25, -0.2) is 4.39 Å². The summed E-state index contributed by atoms with van der Waals surface area (Å²) in [6.07, 6.45) is 0.326. The average Bonchev–Trinajstić information content (AvgIpc) is 2.32. The molecular formula is C13H15ClFNO2. The third-order valence-corrected chi connectivity index (χ3v) is 3.17. The van der Waals surface area contributed by atoms with Crippen LogP contribution in [0.2, 0.25) is 5.02 Å². The van der Waals surface area contributed by atoms with Crippen LogP contribution in [0.25, 0.3) is 0 Å². The van der Waals surface area contributed by atoms with Crippen molar-refractivity contribution < 1.29 is 13.9 Å². The molecule has 0 spiro atoms. The Kier molecular flexibility index (Phi) is 4.32. The highest BCUT2D eigenvalue weighted by Gasteiger charge is 2.21. The number of carbonyl (C=O) groups is 1. The number of carbonyl (C=O) groups excluding carboxylic acids is 1. The van der Waals surface area contributed by atoms with Crippen LogP contribution in [-0.4, -0.2) is 31.1 Å². The number of ketones is 1. The lowest BCUT2D eigenvalue weighted by atomic mass is 10.0. The average molecular weight is 272 g/mol. The van der Waals surface area contributed by atoms with Crippen molar-refractivity contribution >= 4 is 17.4 Å². The minimum atomic E-state index is -0.513. The Morgan fingerprint density at radius 3 is 3.00 bits per heavy atom. The van der Waals surface area contributed by atoms with Gasteiger partial charge in [0.2, 0.25) is 0 Å². The van der Waals surface area contributed by atoms with Crippen molar-refractivity contribution in [1.82, 2.24) is 5.32 Å². The van der Waals surface area contributed by atoms with Crippen molar-refractivity contribution in [3.8, 4) is 0 Å². The van der Waals surface area contributed by atoms with Gasteiger partial charge in [-0.1, -0.05) is 11.6 Å². The smallest absolute Gasteiger partial charge is 0.164 e. The molecule has 18 heavy (non-hydrogen) atoms. The van der Waals surface area contributed by atoms with Crippen molar-refractivity contribution in [3.05, 3.63) is 34.6 Å². The fourth-order valence-corrected chi connectivity index (χ4v) is 2.20. The van der Waals surface area contributed by atoms with Gasteiger partial charge in [0.25, 0.3) is 0 Å². The van der Waals surface area contributed by atoms with Crippen LogP contribution in [0.3, 0.4) is 0 Å². The number of Topliss-reactive ketones (excluding diaryl/α,β-unsaturated/α-hetero) is 1. The summed E-state index contributed by atoms with van der Waals surface area (Å²) >= 11 is 5.66. The van der Waals surface area contributed by atoms with Crippen LogP contribution in [0.15, 0.2) is 18.2 Å². The number of nitrogens with one attached hydrogen (secondary N) is 1. The first-order valence-corrected chi connectivity index (χ1v) is 6.26. The molecule has 0 saturated carbocycles. The first-order chi connectivity index (χ1) is 8.56. The van der Waals surface area contributed by atoms with Crippen LogP contribution in [0.4, 0.5) is 4.39 Å². The second-order valence-electron chi connectivity index (χ2n) is 4.56. The van der Waals surface area contributed by atoms with E-state index in [0.717, 1.165) is 0 Å². The summed E-state index contributed by atoms with van der Waals surface area (Å²) in [7, 11) is 0. The molecule has 0 radical (unpaired) electrons. The maximum absolute atomic E-state index is 13.0. The van der Waals surface area contributed by atoms with Crippen LogP contribution < -0.4 is 5.32 Å². The standard InChI is InChI=1S/C13H15ClFNO2/c1-8-6-18-7-10(16-8)5-13(17)9-2-3-12(15)11(14)4-9/h2-4,8,10,16H,5-7H2,1H3. The van der Waals surface area contributed by atoms with Gasteiger partial charge in [-0.05, 0) is 25.1 Å². The number of morpholine rings is 1. The van der Waals surface area contributed by atoms with E-state index < -0.39 is 5.82 Å². The molecular weight excluding hydrogens is 257 g/mol. The monoisotopic (exact) mass is 271 g/mol. The van der Waals surface area contributed by atoms with Crippen molar-refractivity contribution in [1.29, 1.82) is 0 Å². The van der Waals surface area contributed by atoms with Crippen LogP contribution in [0, 0.1) is 5.82 Å². The predicted octanol–water partition coefficient (Wildman–Crippen LogP) is 2.43. The molecule has 5 heteroatoms. The zero-order chi connectivity index (χ0) is 13.1. The first kappa shape index (κ1) is 13.5. The Hall–Kier alpha value is -0.970. The molecule has 1 aromatic carbocycles. The second kappa shape index (κ2) is 5.78. The van der Waals surface area contributed by atoms with Crippen LogP contribution in [0.1, 0.15) is 23.7 Å². The summed E-state index contributed by atoms with van der Waals surface area (Å²) in [4.78, 5) is 12.0. The van der Waals surface area contributed by atoms with Gasteiger partial charge in [0.05, 0.1) is 18.2 Å². The van der Waals surface area contributed by atoms with Crippen molar-refractivity contribution in [2.24, 2.45) is 0 Å². The Bertz CT molecular complexity index is 453. The molecule has 3 nitrogen and oxygen atoms in total. The van der Waals surface area contributed by atoms with Crippen LogP contribution in [-0.2, 0) is 4.74 Å². The van der Waals surface area contributed by atoms with Gasteiger partial charge in [-0.15, -0.1) is 0 Å². The highest BCUT2D eigenvalue weighted by molar-refractivity contribution is 6.31. The number of hydrogen-bond acceptors (Lipinski definition) is 3. The lowest BCUT2D eigenvalue weighted by Gasteiger charge is -2.28. The van der Waals surface area contributed by atoms with Gasteiger partial charge in [0.1, 0.15) is 5.82 Å². The van der Waals surface area contributed by atoms with E-state index in [-0.39, 0.29) is 22.9 Å². The molecule has 1 heterocycles. The fraction of sp³-hybridized carbons (Fsp3) is 0.462. The number of halogens is 2. The van der Waals surface area contributed by atoms with E-state index in [1.54, 1.807) is 0 Å². The molecule has 98 valence electrons. The summed E-state index contributed by atoms with van der Waals surface area (Å²) in [5, 5.41) is 3.26. The maximum Gasteiger partial charge on any atom is 0.164 e. The van der Waals surface area contributed by atoms with E-state index in [2.05, 4.69) is 5.32 Å². The van der Waals surface area contributed by atoms with Gasteiger partial charge in [0.15, 0.2) is 5.78 Å². The predicted molar refractivity (Wildman–Crippen MR) is 67.6 cm³/mol. The number of rotatable bonds is 3. The van der Waals surface area contributed by atoms with Gasteiger partial charge >= 0.3 is 0 Å². The van der Waals surface area contributed by atoms with E-state index in [4.69, 9.17) is 16.3 Å². The minimum absolute atomic E-state index is 0.00470. The van der Waals surface area contributed by atoms with E-state index in [9.17, 15) is 9.18 Å². The molecule has 0 bridgehead atoms. The molecule has 1 aromatic rings. The van der Waals surface area contributed by atoms with Crippen molar-refractivity contribution in [2.75, 3.05) is 13.2 Å². The fourth-order valence-electron chi connectivity index (χ4n) is 2.01. The minimum Gasteiger partial charge on any atom is -0.378 e. The highest BCUT2D eigenvalue weighted by Crippen LogP contribution is 2.18. The Morgan fingerprint density at radius 1 is 1.56 bits per heavy atom. The quantitative estimate of drug-likeness (QED) is 0.858. The van der Waals surface area contributed by atoms with E-state index in [1.165, 1.54) is 18.2 Å². The van der Waals surface area contributed by atoms with Crippen LogP contribution >= 0.6 is 11.6 Å². The second-order valence-corrected chi connectivity index (χ2v) is 4.97. The molecule has 1 saturated heterocycles. The number of ether oxygens (including phenoxy) is 1. The summed E-state index contributed by atoms with van der Waals surface area (Å²) in [6.45, 7) is 3.18. The maximum atomic E-state index is 13.0. The van der Waals surface area contributed by atoms with Crippen molar-refractivity contribution in [3.63, 3.8) is 0 Å². The lowest BCUT2D eigenvalue weighted by molar-refractivity contribution is 0.0463. The molecule has 1 fully saturated rings. The SMILES string of the molecule is CC1COCC(CC(=O)c2ccc(F)c(Cl)c2)N1. The highest BCUT2D eigenvalue weighted by atomic mass is 35.5. The van der Waals surface area contributed by atoms with Gasteiger partial charge in [0, 0.05) is 24.1 Å². The third kappa shape index (κ3) is 3.28. The molecule has 0 aromatic heterocycles. The van der Waals surface area contributed by atoms with Crippen LogP contribution in [0.5, 0.6) is 0 Å². The van der Waals surface area contributed by atoms with Gasteiger partial charge in [-0.3, -0.25) is 4.79 Å². The zero-order valence-corrected chi connectivity index (χ0v) is 10.8. The largest absolute Gasteiger partial charge is 0.378 e. The Balaban J connectivity index is 2.00.